The van der Waals surface area contributed by atoms with Crippen LogP contribution in [0.4, 0.5) is 0 Å². The summed E-state index contributed by atoms with van der Waals surface area (Å²) in [6, 6.07) is 6.70. The smallest absolute Gasteiger partial charge is 0.357 e. The van der Waals surface area contributed by atoms with E-state index in [1.54, 1.807) is 36.7 Å². The summed E-state index contributed by atoms with van der Waals surface area (Å²) >= 11 is 0. The van der Waals surface area contributed by atoms with Gasteiger partial charge in [0.2, 0.25) is 5.88 Å². The number of ether oxygens (including phenoxy) is 1. The zero-order valence-corrected chi connectivity index (χ0v) is 11.3. The van der Waals surface area contributed by atoms with Crippen LogP contribution in [-0.2, 0) is 4.79 Å². The molecule has 2 rings (SSSR count). The molecule has 0 amide bonds. The minimum Gasteiger partial charge on any atom is -0.476 e. The summed E-state index contributed by atoms with van der Waals surface area (Å²) in [6.45, 7) is 0. The van der Waals surface area contributed by atoms with Crippen molar-refractivity contribution in [2.24, 2.45) is 11.6 Å². The fourth-order valence-electron chi connectivity index (χ4n) is 1.48. The lowest BCUT2D eigenvalue weighted by atomic mass is 10.2. The number of nitrogens with two attached hydrogens (primary N) is 2. The number of benzene rings is 1. The van der Waals surface area contributed by atoms with Crippen molar-refractivity contribution in [2.45, 2.75) is 0 Å². The molecular weight excluding hydrogens is 286 g/mol. The van der Waals surface area contributed by atoms with E-state index in [-0.39, 0.29) is 5.88 Å². The first-order valence-corrected chi connectivity index (χ1v) is 6.09. The van der Waals surface area contributed by atoms with Crippen molar-refractivity contribution in [3.8, 4) is 17.6 Å². The van der Waals surface area contributed by atoms with E-state index in [0.717, 1.165) is 0 Å². The van der Waals surface area contributed by atoms with Crippen LogP contribution in [-0.4, -0.2) is 21.0 Å². The molecule has 1 aromatic heterocycles. The third-order valence-corrected chi connectivity index (χ3v) is 2.48. The van der Waals surface area contributed by atoms with Crippen LogP contribution in [0.5, 0.6) is 5.75 Å². The van der Waals surface area contributed by atoms with Crippen molar-refractivity contribution < 1.29 is 14.6 Å². The van der Waals surface area contributed by atoms with Crippen molar-refractivity contribution in [2.75, 3.05) is 0 Å². The zero-order chi connectivity index (χ0) is 15.9. The van der Waals surface area contributed by atoms with Crippen LogP contribution in [0, 0.1) is 11.8 Å². The molecule has 0 saturated heterocycles. The van der Waals surface area contributed by atoms with Crippen LogP contribution < -0.4 is 21.7 Å². The van der Waals surface area contributed by atoms with E-state index in [0.29, 0.717) is 17.1 Å². The molecule has 22 heavy (non-hydrogen) atoms. The highest BCUT2D eigenvalue weighted by atomic mass is 16.5. The molecule has 0 aliphatic heterocycles. The molecule has 0 unspecified atom stereocenters. The molecular formula is C14H13N5O3. The van der Waals surface area contributed by atoms with Gasteiger partial charge in [0, 0.05) is 18.0 Å². The van der Waals surface area contributed by atoms with Crippen molar-refractivity contribution in [3.63, 3.8) is 0 Å². The van der Waals surface area contributed by atoms with E-state index in [1.807, 2.05) is 0 Å². The number of aromatic nitrogens is 2. The average molecular weight is 299 g/mol. The van der Waals surface area contributed by atoms with Crippen molar-refractivity contribution in [1.29, 1.82) is 0 Å². The van der Waals surface area contributed by atoms with Gasteiger partial charge >= 0.3 is 5.97 Å². The van der Waals surface area contributed by atoms with Crippen LogP contribution in [0.15, 0.2) is 48.2 Å². The summed E-state index contributed by atoms with van der Waals surface area (Å²) in [4.78, 5) is 17.6. The Morgan fingerprint density at radius 1 is 1.41 bits per heavy atom. The Labute approximate surface area is 125 Å². The summed E-state index contributed by atoms with van der Waals surface area (Å²) in [5.41, 5.74) is 7.58. The first-order chi connectivity index (χ1) is 10.6. The molecule has 0 aliphatic carbocycles. The molecule has 0 fully saturated rings. The monoisotopic (exact) mass is 299 g/mol. The van der Waals surface area contributed by atoms with Crippen LogP contribution in [0.1, 0.15) is 11.4 Å². The summed E-state index contributed by atoms with van der Waals surface area (Å²) in [6.07, 6.45) is 3.27. The largest absolute Gasteiger partial charge is 0.476 e. The highest BCUT2D eigenvalue weighted by Gasteiger charge is 2.12. The zero-order valence-electron chi connectivity index (χ0n) is 11.3. The summed E-state index contributed by atoms with van der Waals surface area (Å²) < 4.78 is 5.31. The molecule has 8 heteroatoms. The lowest BCUT2D eigenvalue weighted by Crippen LogP contribution is -2.31. The average Bonchev–Trinajstić information content (AvgIpc) is 3.03. The molecule has 1 heterocycles. The Kier molecular flexibility index (Phi) is 4.64. The van der Waals surface area contributed by atoms with E-state index in [2.05, 4.69) is 27.2 Å². The highest BCUT2D eigenvalue weighted by molar-refractivity contribution is 5.85. The Hall–Kier alpha value is -3.44. The maximum Gasteiger partial charge on any atom is 0.357 e. The molecule has 7 N–H and O–H groups in total. The van der Waals surface area contributed by atoms with E-state index in [9.17, 15) is 4.79 Å². The van der Waals surface area contributed by atoms with E-state index in [1.165, 1.54) is 0 Å². The number of nitrogens with one attached hydrogen (secondary N) is 2. The molecule has 2 aromatic rings. The standard InChI is InChI=1S/C14H13N5O3/c15-12(14(20)21)13(19-16)22-10-3-1-2-9(8-10)4-5-11-17-6-7-18-11/h1-3,6-8,19H,15-16H2,(H,17,18)(H,20,21)/b13-12+. The fourth-order valence-corrected chi connectivity index (χ4v) is 1.48. The van der Waals surface area contributed by atoms with Crippen LogP contribution >= 0.6 is 0 Å². The number of hydrogen-bond acceptors (Lipinski definition) is 6. The summed E-state index contributed by atoms with van der Waals surface area (Å²) in [7, 11) is 0. The third-order valence-electron chi connectivity index (χ3n) is 2.48. The Morgan fingerprint density at radius 3 is 2.86 bits per heavy atom. The molecule has 0 spiro atoms. The second-order valence-corrected chi connectivity index (χ2v) is 4.01. The number of carbonyl (C=O) groups is 1. The summed E-state index contributed by atoms with van der Waals surface area (Å²) in [5.74, 6) is 10.2. The SMILES string of the molecule is NN/C(Oc1cccc(C#Cc2ncc[nH]2)c1)=C(\N)C(=O)O. The number of nitrogens with zero attached hydrogens (tertiary/aromatic N) is 1. The van der Waals surface area contributed by atoms with Gasteiger partial charge in [0.25, 0.3) is 0 Å². The number of hydrazine groups is 1. The quantitative estimate of drug-likeness (QED) is 0.174. The number of hydrogen-bond donors (Lipinski definition) is 5. The van der Waals surface area contributed by atoms with Gasteiger partial charge in [-0.2, -0.15) is 0 Å². The minimum absolute atomic E-state index is 0.261. The second kappa shape index (κ2) is 6.83. The van der Waals surface area contributed by atoms with Gasteiger partial charge in [0.15, 0.2) is 11.5 Å². The number of carboxylic acid groups (broad SMARTS) is 1. The van der Waals surface area contributed by atoms with E-state index in [4.69, 9.17) is 21.4 Å². The Bertz CT molecular complexity index is 756. The summed E-state index contributed by atoms with van der Waals surface area (Å²) in [5, 5.41) is 8.81. The van der Waals surface area contributed by atoms with Gasteiger partial charge in [0.05, 0.1) is 0 Å². The van der Waals surface area contributed by atoms with Gasteiger partial charge in [-0.1, -0.05) is 12.0 Å². The molecule has 0 saturated carbocycles. The van der Waals surface area contributed by atoms with Gasteiger partial charge in [-0.25, -0.2) is 15.6 Å². The van der Waals surface area contributed by atoms with Gasteiger partial charge in [-0.15, -0.1) is 0 Å². The molecule has 0 atom stereocenters. The lowest BCUT2D eigenvalue weighted by Gasteiger charge is -2.10. The molecule has 0 aliphatic rings. The highest BCUT2D eigenvalue weighted by Crippen LogP contribution is 2.15. The van der Waals surface area contributed by atoms with Crippen molar-refractivity contribution in [1.82, 2.24) is 15.4 Å². The number of aliphatic carboxylic acids is 1. The molecule has 8 nitrogen and oxygen atoms in total. The van der Waals surface area contributed by atoms with Crippen LogP contribution in [0.25, 0.3) is 0 Å². The van der Waals surface area contributed by atoms with Gasteiger partial charge in [-0.05, 0) is 24.1 Å². The first kappa shape index (κ1) is 15.0. The number of carboxylic acids is 1. The van der Waals surface area contributed by atoms with Gasteiger partial charge in [0.1, 0.15) is 5.75 Å². The molecule has 1 aromatic carbocycles. The van der Waals surface area contributed by atoms with Crippen molar-refractivity contribution in [3.05, 3.63) is 59.6 Å². The van der Waals surface area contributed by atoms with Crippen LogP contribution in [0.2, 0.25) is 0 Å². The van der Waals surface area contributed by atoms with Gasteiger partial charge in [-0.3, -0.25) is 5.43 Å². The van der Waals surface area contributed by atoms with E-state index >= 15 is 0 Å². The number of aromatic amines is 1. The third kappa shape index (κ3) is 3.78. The number of H-pyrrole nitrogens is 1. The molecule has 0 radical (unpaired) electrons. The number of rotatable bonds is 4. The number of imidazole rings is 1. The predicted molar refractivity (Wildman–Crippen MR) is 77.8 cm³/mol. The maximum absolute atomic E-state index is 10.8. The Balaban J connectivity index is 2.22. The van der Waals surface area contributed by atoms with Crippen LogP contribution in [0.3, 0.4) is 0 Å². The normalized spacial score (nSPS) is 11.0. The molecule has 112 valence electrons. The maximum atomic E-state index is 10.8. The van der Waals surface area contributed by atoms with Gasteiger partial charge < -0.3 is 20.6 Å². The predicted octanol–water partition coefficient (Wildman–Crippen LogP) is -0.136. The fraction of sp³-hybridized carbons (Fsp3) is 0. The molecule has 0 bridgehead atoms. The lowest BCUT2D eigenvalue weighted by molar-refractivity contribution is -0.132. The minimum atomic E-state index is -1.35. The second-order valence-electron chi connectivity index (χ2n) is 4.01. The van der Waals surface area contributed by atoms with Crippen molar-refractivity contribution >= 4 is 5.97 Å². The van der Waals surface area contributed by atoms with E-state index < -0.39 is 11.7 Å². The topological polar surface area (TPSA) is 139 Å². The Morgan fingerprint density at radius 2 is 2.23 bits per heavy atom. The first-order valence-electron chi connectivity index (χ1n) is 6.09.